The summed E-state index contributed by atoms with van der Waals surface area (Å²) in [7, 11) is -2.98. The Morgan fingerprint density at radius 2 is 2.08 bits per heavy atom. The van der Waals surface area contributed by atoms with Crippen LogP contribution in [-0.2, 0) is 10.0 Å². The number of sulfonamides is 1. The largest absolute Gasteiger partial charge is 0.213 e. The SMILES string of the molecule is CC1CCN(S(C)(=O)=O)CC1Br. The van der Waals surface area contributed by atoms with Crippen molar-refractivity contribution in [3.05, 3.63) is 0 Å². The van der Waals surface area contributed by atoms with Crippen molar-refractivity contribution in [3.8, 4) is 0 Å². The zero-order chi connectivity index (χ0) is 9.35. The van der Waals surface area contributed by atoms with Crippen LogP contribution in [0.5, 0.6) is 0 Å². The number of halogens is 1. The minimum Gasteiger partial charge on any atom is -0.213 e. The summed E-state index contributed by atoms with van der Waals surface area (Å²) in [5, 5.41) is 0. The first-order valence-electron chi connectivity index (χ1n) is 4.00. The number of alkyl halides is 1. The predicted molar refractivity (Wildman–Crippen MR) is 52.9 cm³/mol. The van der Waals surface area contributed by atoms with Crippen LogP contribution in [0.3, 0.4) is 0 Å². The van der Waals surface area contributed by atoms with Gasteiger partial charge in [-0.25, -0.2) is 12.7 Å². The minimum absolute atomic E-state index is 0.306. The Balaban J connectivity index is 2.64. The molecule has 5 heteroatoms. The Hall–Kier alpha value is 0.390. The fraction of sp³-hybridized carbons (Fsp3) is 1.00. The highest BCUT2D eigenvalue weighted by Crippen LogP contribution is 2.24. The van der Waals surface area contributed by atoms with Crippen molar-refractivity contribution in [3.63, 3.8) is 0 Å². The van der Waals surface area contributed by atoms with Crippen LogP contribution in [-0.4, -0.2) is 36.9 Å². The number of hydrogen-bond acceptors (Lipinski definition) is 2. The number of nitrogens with zero attached hydrogens (tertiary/aromatic N) is 1. The highest BCUT2D eigenvalue weighted by atomic mass is 79.9. The maximum Gasteiger partial charge on any atom is 0.211 e. The average molecular weight is 256 g/mol. The van der Waals surface area contributed by atoms with Gasteiger partial charge < -0.3 is 0 Å². The molecular formula is C7H14BrNO2S. The van der Waals surface area contributed by atoms with Crippen LogP contribution in [0.1, 0.15) is 13.3 Å². The molecule has 1 saturated heterocycles. The number of rotatable bonds is 1. The van der Waals surface area contributed by atoms with E-state index in [1.165, 1.54) is 10.6 Å². The topological polar surface area (TPSA) is 37.4 Å². The van der Waals surface area contributed by atoms with Crippen LogP contribution in [0.4, 0.5) is 0 Å². The molecule has 2 atom stereocenters. The van der Waals surface area contributed by atoms with Crippen LogP contribution in [0.2, 0.25) is 0 Å². The molecule has 0 amide bonds. The molecule has 0 aromatic carbocycles. The quantitative estimate of drug-likeness (QED) is 0.658. The summed E-state index contributed by atoms with van der Waals surface area (Å²) in [4.78, 5) is 0.306. The third-order valence-corrected chi connectivity index (χ3v) is 4.76. The van der Waals surface area contributed by atoms with Crippen LogP contribution in [0.15, 0.2) is 0 Å². The van der Waals surface area contributed by atoms with E-state index in [9.17, 15) is 8.42 Å². The lowest BCUT2D eigenvalue weighted by atomic mass is 10.0. The molecule has 0 bridgehead atoms. The molecule has 1 aliphatic heterocycles. The second-order valence-corrected chi connectivity index (χ2v) is 6.56. The molecule has 0 aliphatic carbocycles. The maximum atomic E-state index is 11.1. The lowest BCUT2D eigenvalue weighted by molar-refractivity contribution is 0.301. The summed E-state index contributed by atoms with van der Waals surface area (Å²) < 4.78 is 23.8. The Kier molecular flexibility index (Phi) is 3.17. The van der Waals surface area contributed by atoms with E-state index in [1.54, 1.807) is 0 Å². The molecule has 3 nitrogen and oxygen atoms in total. The molecular weight excluding hydrogens is 242 g/mol. The summed E-state index contributed by atoms with van der Waals surface area (Å²) in [6.07, 6.45) is 2.21. The van der Waals surface area contributed by atoms with E-state index in [4.69, 9.17) is 0 Å². The second-order valence-electron chi connectivity index (χ2n) is 3.40. The molecule has 0 aromatic rings. The Morgan fingerprint density at radius 1 is 1.50 bits per heavy atom. The highest BCUT2D eigenvalue weighted by Gasteiger charge is 2.28. The summed E-state index contributed by atoms with van der Waals surface area (Å²) in [5.74, 6) is 0.572. The van der Waals surface area contributed by atoms with Gasteiger partial charge in [0.2, 0.25) is 10.0 Å². The van der Waals surface area contributed by atoms with Gasteiger partial charge in [0, 0.05) is 17.9 Å². The van der Waals surface area contributed by atoms with E-state index in [0.717, 1.165) is 6.42 Å². The molecule has 0 radical (unpaired) electrons. The van der Waals surface area contributed by atoms with E-state index < -0.39 is 10.0 Å². The monoisotopic (exact) mass is 255 g/mol. The summed E-state index contributed by atoms with van der Waals surface area (Å²) in [5.41, 5.74) is 0. The van der Waals surface area contributed by atoms with E-state index in [-0.39, 0.29) is 0 Å². The van der Waals surface area contributed by atoms with Gasteiger partial charge in [0.1, 0.15) is 0 Å². The first-order chi connectivity index (χ1) is 5.41. The lowest BCUT2D eigenvalue weighted by Gasteiger charge is -2.32. The van der Waals surface area contributed by atoms with Crippen LogP contribution >= 0.6 is 15.9 Å². The van der Waals surface area contributed by atoms with Crippen molar-refractivity contribution in [1.29, 1.82) is 0 Å². The van der Waals surface area contributed by atoms with Gasteiger partial charge in [-0.3, -0.25) is 0 Å². The van der Waals surface area contributed by atoms with Gasteiger partial charge >= 0.3 is 0 Å². The smallest absolute Gasteiger partial charge is 0.211 e. The van der Waals surface area contributed by atoms with E-state index >= 15 is 0 Å². The molecule has 2 unspecified atom stereocenters. The molecule has 1 aliphatic rings. The molecule has 0 aromatic heterocycles. The van der Waals surface area contributed by atoms with Gasteiger partial charge in [-0.1, -0.05) is 22.9 Å². The Bertz CT molecular complexity index is 252. The fourth-order valence-corrected chi connectivity index (χ4v) is 2.97. The molecule has 0 N–H and O–H groups in total. The summed E-state index contributed by atoms with van der Waals surface area (Å²) >= 11 is 3.48. The van der Waals surface area contributed by atoms with Crippen molar-refractivity contribution in [2.75, 3.05) is 19.3 Å². The maximum absolute atomic E-state index is 11.1. The van der Waals surface area contributed by atoms with Gasteiger partial charge in [-0.15, -0.1) is 0 Å². The fourth-order valence-electron chi connectivity index (χ4n) is 1.30. The van der Waals surface area contributed by atoms with E-state index in [1.807, 2.05) is 0 Å². The third-order valence-electron chi connectivity index (χ3n) is 2.30. The molecule has 0 spiro atoms. The van der Waals surface area contributed by atoms with Crippen molar-refractivity contribution >= 4 is 26.0 Å². The van der Waals surface area contributed by atoms with Crippen LogP contribution < -0.4 is 0 Å². The van der Waals surface area contributed by atoms with Gasteiger partial charge in [0.25, 0.3) is 0 Å². The average Bonchev–Trinajstić information content (AvgIpc) is 1.92. The summed E-state index contributed by atoms with van der Waals surface area (Å²) in [6.45, 7) is 3.42. The molecule has 1 heterocycles. The van der Waals surface area contributed by atoms with Gasteiger partial charge in [0.15, 0.2) is 0 Å². The minimum atomic E-state index is -2.98. The first kappa shape index (κ1) is 10.5. The number of piperidine rings is 1. The van der Waals surface area contributed by atoms with E-state index in [0.29, 0.717) is 23.8 Å². The Morgan fingerprint density at radius 3 is 2.50 bits per heavy atom. The Labute approximate surface area is 82.3 Å². The van der Waals surface area contributed by atoms with Crippen molar-refractivity contribution in [1.82, 2.24) is 4.31 Å². The second kappa shape index (κ2) is 3.64. The van der Waals surface area contributed by atoms with Gasteiger partial charge in [0.05, 0.1) is 6.26 Å². The van der Waals surface area contributed by atoms with Crippen LogP contribution in [0.25, 0.3) is 0 Å². The first-order valence-corrected chi connectivity index (χ1v) is 6.77. The molecule has 12 heavy (non-hydrogen) atoms. The molecule has 1 rings (SSSR count). The van der Waals surface area contributed by atoms with Crippen LogP contribution in [0, 0.1) is 5.92 Å². The van der Waals surface area contributed by atoms with E-state index in [2.05, 4.69) is 22.9 Å². The normalized spacial score (nSPS) is 33.6. The third kappa shape index (κ3) is 2.44. The van der Waals surface area contributed by atoms with Gasteiger partial charge in [-0.2, -0.15) is 0 Å². The van der Waals surface area contributed by atoms with Crippen molar-refractivity contribution in [2.24, 2.45) is 5.92 Å². The van der Waals surface area contributed by atoms with Crippen molar-refractivity contribution < 1.29 is 8.42 Å². The molecule has 72 valence electrons. The zero-order valence-corrected chi connectivity index (χ0v) is 9.73. The lowest BCUT2D eigenvalue weighted by Crippen LogP contribution is -2.42. The number of hydrogen-bond donors (Lipinski definition) is 0. The predicted octanol–water partition coefficient (Wildman–Crippen LogP) is 1.05. The standard InChI is InChI=1S/C7H14BrNO2S/c1-6-3-4-9(5-7(6)8)12(2,10)11/h6-7H,3-5H2,1-2H3. The summed E-state index contributed by atoms with van der Waals surface area (Å²) in [6, 6.07) is 0. The van der Waals surface area contributed by atoms with Crippen molar-refractivity contribution in [2.45, 2.75) is 18.2 Å². The zero-order valence-electron chi connectivity index (χ0n) is 7.33. The highest BCUT2D eigenvalue weighted by molar-refractivity contribution is 9.09. The molecule has 0 saturated carbocycles. The van der Waals surface area contributed by atoms with Gasteiger partial charge in [-0.05, 0) is 12.3 Å². The molecule has 1 fully saturated rings.